The molecule has 6 nitrogen and oxygen atoms in total. The third kappa shape index (κ3) is 4.26. The van der Waals surface area contributed by atoms with Crippen LogP contribution in [0.15, 0.2) is 16.8 Å². The van der Waals surface area contributed by atoms with Gasteiger partial charge in [0.25, 0.3) is 5.91 Å². The number of esters is 1. The summed E-state index contributed by atoms with van der Waals surface area (Å²) in [6.07, 6.45) is 0. The maximum Gasteiger partial charge on any atom is 0.332 e. The Hall–Kier alpha value is -1.44. The normalized spacial score (nSPS) is 17.5. The van der Waals surface area contributed by atoms with E-state index in [1.54, 1.807) is 23.2 Å². The summed E-state index contributed by atoms with van der Waals surface area (Å²) in [7, 11) is 0. The highest BCUT2D eigenvalue weighted by Crippen LogP contribution is 2.12. The molecule has 0 radical (unpaired) electrons. The van der Waals surface area contributed by atoms with Gasteiger partial charge >= 0.3 is 5.97 Å². The van der Waals surface area contributed by atoms with Crippen LogP contribution >= 0.6 is 11.3 Å². The molecule has 0 bridgehead atoms. The number of thiophene rings is 1. The molecule has 0 saturated carbocycles. The van der Waals surface area contributed by atoms with Gasteiger partial charge in [0.05, 0.1) is 6.61 Å². The topological polar surface area (TPSA) is 75.9 Å². The first-order chi connectivity index (χ1) is 10.1. The molecule has 0 aliphatic carbocycles. The number of carbonyl (C=O) groups excluding carboxylic acids is 2. The van der Waals surface area contributed by atoms with Crippen molar-refractivity contribution in [1.82, 2.24) is 9.80 Å². The van der Waals surface area contributed by atoms with Gasteiger partial charge in [0.15, 0.2) is 6.04 Å². The summed E-state index contributed by atoms with van der Waals surface area (Å²) in [6, 6.07) is 0.909. The van der Waals surface area contributed by atoms with Crippen LogP contribution in [-0.2, 0) is 20.9 Å². The first-order valence-corrected chi connectivity index (χ1v) is 8.00. The molecule has 21 heavy (non-hydrogen) atoms. The summed E-state index contributed by atoms with van der Waals surface area (Å²) in [4.78, 5) is 27.6. The van der Waals surface area contributed by atoms with Crippen molar-refractivity contribution in [3.8, 4) is 0 Å². The zero-order chi connectivity index (χ0) is 15.2. The lowest BCUT2D eigenvalue weighted by Gasteiger charge is -2.35. The van der Waals surface area contributed by atoms with Gasteiger partial charge in [-0.3, -0.25) is 9.69 Å². The maximum absolute atomic E-state index is 12.1. The second-order valence-electron chi connectivity index (χ2n) is 4.96. The standard InChI is InChI=1S/C14H21N3O3S/c1-2-20-14(19)12(15)13(18)17-6-4-16(5-7-17)9-11-3-8-21-10-11/h3,8,10,12H,2,4-7,9,15H2,1H3. The molecule has 2 rings (SSSR count). The van der Waals surface area contributed by atoms with Crippen molar-refractivity contribution in [2.45, 2.75) is 19.5 Å². The summed E-state index contributed by atoms with van der Waals surface area (Å²) < 4.78 is 4.79. The molecule has 1 fully saturated rings. The molecule has 1 atom stereocenters. The van der Waals surface area contributed by atoms with Crippen LogP contribution in [0.1, 0.15) is 12.5 Å². The molecule has 1 aromatic heterocycles. The van der Waals surface area contributed by atoms with Gasteiger partial charge in [0.2, 0.25) is 0 Å². The number of nitrogens with zero attached hydrogens (tertiary/aromatic N) is 2. The molecular formula is C14H21N3O3S. The van der Waals surface area contributed by atoms with E-state index in [4.69, 9.17) is 10.5 Å². The van der Waals surface area contributed by atoms with Gasteiger partial charge in [-0.15, -0.1) is 0 Å². The van der Waals surface area contributed by atoms with E-state index >= 15 is 0 Å². The lowest BCUT2D eigenvalue weighted by molar-refractivity contribution is -0.151. The minimum absolute atomic E-state index is 0.230. The summed E-state index contributed by atoms with van der Waals surface area (Å²) in [5.74, 6) is -0.994. The minimum atomic E-state index is -1.20. The molecule has 1 aromatic rings. The fourth-order valence-electron chi connectivity index (χ4n) is 2.30. The van der Waals surface area contributed by atoms with Gasteiger partial charge in [0.1, 0.15) is 0 Å². The van der Waals surface area contributed by atoms with Crippen molar-refractivity contribution in [1.29, 1.82) is 0 Å². The Balaban J connectivity index is 1.80. The average Bonchev–Trinajstić information content (AvgIpc) is 3.00. The summed E-state index contributed by atoms with van der Waals surface area (Å²) >= 11 is 1.69. The molecule has 1 aliphatic rings. The molecule has 1 unspecified atom stereocenters. The Morgan fingerprint density at radius 2 is 2.10 bits per heavy atom. The van der Waals surface area contributed by atoms with E-state index in [0.717, 1.165) is 19.6 Å². The van der Waals surface area contributed by atoms with Gasteiger partial charge in [-0.25, -0.2) is 4.79 Å². The average molecular weight is 311 g/mol. The minimum Gasteiger partial charge on any atom is -0.464 e. The Bertz CT molecular complexity index is 470. The van der Waals surface area contributed by atoms with Crippen LogP contribution in [0.2, 0.25) is 0 Å². The molecule has 2 heterocycles. The number of hydrogen-bond donors (Lipinski definition) is 1. The number of hydrogen-bond acceptors (Lipinski definition) is 6. The molecule has 1 amide bonds. The summed E-state index contributed by atoms with van der Waals surface area (Å²) in [6.45, 7) is 5.59. The van der Waals surface area contributed by atoms with E-state index in [1.165, 1.54) is 5.56 Å². The van der Waals surface area contributed by atoms with Crippen LogP contribution in [0.3, 0.4) is 0 Å². The third-order valence-corrected chi connectivity index (χ3v) is 4.21. The highest BCUT2D eigenvalue weighted by Gasteiger charge is 2.30. The monoisotopic (exact) mass is 311 g/mol. The molecule has 0 aromatic carbocycles. The Kier molecular flexibility index (Phi) is 5.72. The first-order valence-electron chi connectivity index (χ1n) is 7.06. The van der Waals surface area contributed by atoms with E-state index in [1.807, 2.05) is 0 Å². The van der Waals surface area contributed by atoms with Crippen molar-refractivity contribution in [2.75, 3.05) is 32.8 Å². The Morgan fingerprint density at radius 1 is 1.38 bits per heavy atom. The summed E-state index contributed by atoms with van der Waals surface area (Å²) in [5.41, 5.74) is 6.94. The number of nitrogens with two attached hydrogens (primary N) is 1. The van der Waals surface area contributed by atoms with Gasteiger partial charge in [-0.05, 0) is 29.3 Å². The van der Waals surface area contributed by atoms with Crippen LogP contribution in [-0.4, -0.2) is 60.5 Å². The molecule has 1 aliphatic heterocycles. The van der Waals surface area contributed by atoms with Gasteiger partial charge < -0.3 is 15.4 Å². The highest BCUT2D eigenvalue weighted by atomic mass is 32.1. The van der Waals surface area contributed by atoms with E-state index in [2.05, 4.69) is 21.7 Å². The molecule has 2 N–H and O–H groups in total. The first kappa shape index (κ1) is 15.9. The number of piperazine rings is 1. The number of rotatable bonds is 5. The number of amides is 1. The molecular weight excluding hydrogens is 290 g/mol. The number of carbonyl (C=O) groups is 2. The Morgan fingerprint density at radius 3 is 2.67 bits per heavy atom. The maximum atomic E-state index is 12.1. The predicted molar refractivity (Wildman–Crippen MR) is 80.8 cm³/mol. The zero-order valence-corrected chi connectivity index (χ0v) is 13.0. The second-order valence-corrected chi connectivity index (χ2v) is 5.74. The molecule has 0 spiro atoms. The van der Waals surface area contributed by atoms with Crippen LogP contribution in [0.4, 0.5) is 0 Å². The van der Waals surface area contributed by atoms with E-state index < -0.39 is 12.0 Å². The fraction of sp³-hybridized carbons (Fsp3) is 0.571. The number of ether oxygens (including phenoxy) is 1. The third-order valence-electron chi connectivity index (χ3n) is 3.48. The Labute approximate surface area is 128 Å². The lowest BCUT2D eigenvalue weighted by Crippen LogP contribution is -2.55. The van der Waals surface area contributed by atoms with Crippen LogP contribution in [0.5, 0.6) is 0 Å². The fourth-order valence-corrected chi connectivity index (χ4v) is 2.96. The van der Waals surface area contributed by atoms with Crippen molar-refractivity contribution in [3.63, 3.8) is 0 Å². The predicted octanol–water partition coefficient (Wildman–Crippen LogP) is 0.283. The highest BCUT2D eigenvalue weighted by molar-refractivity contribution is 7.07. The second kappa shape index (κ2) is 7.53. The van der Waals surface area contributed by atoms with Crippen molar-refractivity contribution in [2.24, 2.45) is 5.73 Å². The van der Waals surface area contributed by atoms with Crippen LogP contribution < -0.4 is 5.73 Å². The van der Waals surface area contributed by atoms with Crippen molar-refractivity contribution in [3.05, 3.63) is 22.4 Å². The largest absolute Gasteiger partial charge is 0.464 e. The van der Waals surface area contributed by atoms with E-state index in [0.29, 0.717) is 13.1 Å². The van der Waals surface area contributed by atoms with E-state index in [9.17, 15) is 9.59 Å². The van der Waals surface area contributed by atoms with Gasteiger partial charge in [-0.1, -0.05) is 0 Å². The molecule has 1 saturated heterocycles. The van der Waals surface area contributed by atoms with Gasteiger partial charge in [-0.2, -0.15) is 11.3 Å². The van der Waals surface area contributed by atoms with E-state index in [-0.39, 0.29) is 12.5 Å². The summed E-state index contributed by atoms with van der Waals surface area (Å²) in [5, 5.41) is 4.20. The molecule has 116 valence electrons. The quantitative estimate of drug-likeness (QED) is 0.624. The van der Waals surface area contributed by atoms with Crippen molar-refractivity contribution < 1.29 is 14.3 Å². The molecule has 7 heteroatoms. The van der Waals surface area contributed by atoms with Crippen LogP contribution in [0.25, 0.3) is 0 Å². The van der Waals surface area contributed by atoms with Gasteiger partial charge in [0, 0.05) is 32.7 Å². The SMILES string of the molecule is CCOC(=O)C(N)C(=O)N1CCN(Cc2ccsc2)CC1. The van der Waals surface area contributed by atoms with Crippen LogP contribution in [0, 0.1) is 0 Å². The smallest absolute Gasteiger partial charge is 0.332 e. The van der Waals surface area contributed by atoms with Crippen molar-refractivity contribution >= 4 is 23.2 Å². The zero-order valence-electron chi connectivity index (χ0n) is 12.2. The lowest BCUT2D eigenvalue weighted by atomic mass is 10.2.